The van der Waals surface area contributed by atoms with Crippen LogP contribution in [0.25, 0.3) is 0 Å². The van der Waals surface area contributed by atoms with E-state index in [9.17, 15) is 9.59 Å². The third-order valence-electron chi connectivity index (χ3n) is 4.60. The van der Waals surface area contributed by atoms with Crippen molar-refractivity contribution >= 4 is 28.3 Å². The summed E-state index contributed by atoms with van der Waals surface area (Å²) in [5, 5.41) is 8.03. The second-order valence-corrected chi connectivity index (χ2v) is 7.33. The van der Waals surface area contributed by atoms with Crippen LogP contribution in [0.4, 0.5) is 5.13 Å². The van der Waals surface area contributed by atoms with Crippen LogP contribution in [0.15, 0.2) is 38.9 Å². The van der Waals surface area contributed by atoms with E-state index in [1.807, 2.05) is 6.07 Å². The Balaban J connectivity index is 1.35. The first kappa shape index (κ1) is 17.5. The van der Waals surface area contributed by atoms with Crippen molar-refractivity contribution < 1.29 is 18.4 Å². The first-order valence-electron chi connectivity index (χ1n) is 8.75. The highest BCUT2D eigenvalue weighted by Crippen LogP contribution is 2.30. The van der Waals surface area contributed by atoms with Crippen LogP contribution < -0.4 is 10.6 Å². The maximum Gasteiger partial charge on any atom is 0.260 e. The summed E-state index contributed by atoms with van der Waals surface area (Å²) in [6.07, 6.45) is 6.12. The van der Waals surface area contributed by atoms with Crippen LogP contribution in [0.2, 0.25) is 0 Å². The van der Waals surface area contributed by atoms with E-state index in [2.05, 4.69) is 15.6 Å². The Bertz CT molecular complexity index is 971. The van der Waals surface area contributed by atoms with Gasteiger partial charge in [-0.3, -0.25) is 14.9 Å². The summed E-state index contributed by atoms with van der Waals surface area (Å²) in [7, 11) is 0. The molecule has 3 heterocycles. The van der Waals surface area contributed by atoms with Crippen molar-refractivity contribution in [3.8, 4) is 0 Å². The van der Waals surface area contributed by atoms with Crippen molar-refractivity contribution in [1.82, 2.24) is 10.3 Å². The van der Waals surface area contributed by atoms with E-state index in [-0.39, 0.29) is 24.3 Å². The fourth-order valence-electron chi connectivity index (χ4n) is 3.28. The quantitative estimate of drug-likeness (QED) is 0.699. The molecular weight excluding hydrogens is 366 g/mol. The summed E-state index contributed by atoms with van der Waals surface area (Å²) in [5.41, 5.74) is 2.16. The number of nitrogens with zero attached hydrogens (tertiary/aromatic N) is 1. The van der Waals surface area contributed by atoms with Crippen molar-refractivity contribution in [2.75, 3.05) is 5.32 Å². The maximum atomic E-state index is 12.4. The van der Waals surface area contributed by atoms with E-state index in [0.29, 0.717) is 22.1 Å². The summed E-state index contributed by atoms with van der Waals surface area (Å²) in [6.45, 7) is 1.73. The van der Waals surface area contributed by atoms with Gasteiger partial charge in [0.2, 0.25) is 5.91 Å². The van der Waals surface area contributed by atoms with Gasteiger partial charge in [-0.25, -0.2) is 4.98 Å². The summed E-state index contributed by atoms with van der Waals surface area (Å²) in [5.74, 6) is 1.14. The molecule has 0 fully saturated rings. The Hall–Kier alpha value is -2.87. The molecular formula is C19H19N3O4S. The Morgan fingerprint density at radius 1 is 1.30 bits per heavy atom. The van der Waals surface area contributed by atoms with Gasteiger partial charge in [0.1, 0.15) is 11.5 Å². The van der Waals surface area contributed by atoms with E-state index in [4.69, 9.17) is 8.83 Å². The van der Waals surface area contributed by atoms with Crippen molar-refractivity contribution in [3.05, 3.63) is 58.4 Å². The third kappa shape index (κ3) is 3.80. The van der Waals surface area contributed by atoms with Gasteiger partial charge in [-0.2, -0.15) is 0 Å². The second-order valence-electron chi connectivity index (χ2n) is 6.48. The highest BCUT2D eigenvalue weighted by atomic mass is 32.1. The van der Waals surface area contributed by atoms with Gasteiger partial charge in [-0.05, 0) is 31.9 Å². The van der Waals surface area contributed by atoms with E-state index >= 15 is 0 Å². The van der Waals surface area contributed by atoms with E-state index in [1.165, 1.54) is 17.6 Å². The lowest BCUT2D eigenvalue weighted by atomic mass is 9.93. The molecule has 0 saturated heterocycles. The number of hydrogen-bond donors (Lipinski definition) is 2. The number of hydrogen-bond acceptors (Lipinski definition) is 6. The number of amides is 2. The summed E-state index contributed by atoms with van der Waals surface area (Å²) < 4.78 is 10.6. The molecule has 4 rings (SSSR count). The van der Waals surface area contributed by atoms with E-state index < -0.39 is 0 Å². The minimum atomic E-state index is -0.277. The lowest BCUT2D eigenvalue weighted by Gasteiger charge is -2.22. The number of furan rings is 2. The van der Waals surface area contributed by atoms with Crippen LogP contribution in [0, 0.1) is 6.92 Å². The number of rotatable bonds is 5. The Morgan fingerprint density at radius 3 is 2.96 bits per heavy atom. The maximum absolute atomic E-state index is 12.4. The topological polar surface area (TPSA) is 97.4 Å². The fourth-order valence-corrected chi connectivity index (χ4v) is 3.98. The first-order valence-corrected chi connectivity index (χ1v) is 9.63. The predicted octanol–water partition coefficient (Wildman–Crippen LogP) is 3.63. The van der Waals surface area contributed by atoms with Gasteiger partial charge in [0.25, 0.3) is 5.91 Å². The van der Waals surface area contributed by atoms with E-state index in [1.54, 1.807) is 24.6 Å². The van der Waals surface area contributed by atoms with Gasteiger partial charge in [0, 0.05) is 17.4 Å². The van der Waals surface area contributed by atoms with Gasteiger partial charge >= 0.3 is 0 Å². The molecule has 1 atom stereocenters. The van der Waals surface area contributed by atoms with Crippen molar-refractivity contribution in [2.24, 2.45) is 0 Å². The lowest BCUT2D eigenvalue weighted by molar-refractivity contribution is -0.121. The fraction of sp³-hybridized carbons (Fsp3) is 0.316. The zero-order valence-electron chi connectivity index (χ0n) is 14.8. The molecule has 1 aliphatic carbocycles. The van der Waals surface area contributed by atoms with Crippen LogP contribution in [0.5, 0.6) is 0 Å². The van der Waals surface area contributed by atoms with Gasteiger partial charge in [-0.15, -0.1) is 11.3 Å². The number of aryl methyl sites for hydroxylation is 2. The molecule has 2 amide bonds. The highest BCUT2D eigenvalue weighted by molar-refractivity contribution is 7.14. The molecule has 140 valence electrons. The number of thiazole rings is 1. The Morgan fingerprint density at radius 2 is 2.15 bits per heavy atom. The zero-order chi connectivity index (χ0) is 18.8. The third-order valence-corrected chi connectivity index (χ3v) is 5.41. The number of carbonyl (C=O) groups excluding carboxylic acids is 2. The molecule has 3 aromatic heterocycles. The highest BCUT2D eigenvalue weighted by Gasteiger charge is 2.24. The smallest absolute Gasteiger partial charge is 0.260 e. The van der Waals surface area contributed by atoms with Crippen LogP contribution in [-0.2, 0) is 17.6 Å². The van der Waals surface area contributed by atoms with Crippen molar-refractivity contribution in [1.29, 1.82) is 0 Å². The first-order chi connectivity index (χ1) is 13.1. The molecule has 0 saturated carbocycles. The average Bonchev–Trinajstić information content (AvgIpc) is 3.36. The van der Waals surface area contributed by atoms with E-state index in [0.717, 1.165) is 30.6 Å². The molecule has 27 heavy (non-hydrogen) atoms. The lowest BCUT2D eigenvalue weighted by Crippen LogP contribution is -2.31. The predicted molar refractivity (Wildman–Crippen MR) is 99.7 cm³/mol. The van der Waals surface area contributed by atoms with Crippen LogP contribution in [-0.4, -0.2) is 16.8 Å². The van der Waals surface area contributed by atoms with Crippen LogP contribution >= 0.6 is 11.3 Å². The monoisotopic (exact) mass is 385 g/mol. The summed E-state index contributed by atoms with van der Waals surface area (Å²) in [6, 6.07) is 3.52. The zero-order valence-corrected chi connectivity index (χ0v) is 15.6. The number of carbonyl (C=O) groups is 2. The molecule has 2 N–H and O–H groups in total. The Labute approximate surface area is 159 Å². The summed E-state index contributed by atoms with van der Waals surface area (Å²) >= 11 is 1.29. The molecule has 3 aromatic rings. The van der Waals surface area contributed by atoms with Gasteiger partial charge in [0.15, 0.2) is 5.13 Å². The molecule has 0 bridgehead atoms. The largest absolute Gasteiger partial charge is 0.469 e. The standard InChI is InChI=1S/C19H19N3O4S/c1-11-13(5-7-25-11)18(24)22-19-20-12(10-27-19)9-17(23)21-15-3-2-4-16-14(15)6-8-26-16/h5-8,10,15H,2-4,9H2,1H3,(H,21,23)(H,20,22,24). The number of fused-ring (bicyclic) bond motifs is 1. The minimum absolute atomic E-state index is 0.0122. The molecule has 7 nitrogen and oxygen atoms in total. The molecule has 0 radical (unpaired) electrons. The molecule has 1 unspecified atom stereocenters. The molecule has 1 aliphatic rings. The summed E-state index contributed by atoms with van der Waals surface area (Å²) in [4.78, 5) is 28.9. The molecule has 0 aromatic carbocycles. The SMILES string of the molecule is Cc1occc1C(=O)Nc1nc(CC(=O)NC2CCCc3occc32)cs1. The second kappa shape index (κ2) is 7.40. The van der Waals surface area contributed by atoms with Gasteiger partial charge in [0.05, 0.1) is 36.2 Å². The van der Waals surface area contributed by atoms with Crippen molar-refractivity contribution in [3.63, 3.8) is 0 Å². The minimum Gasteiger partial charge on any atom is -0.469 e. The van der Waals surface area contributed by atoms with Crippen LogP contribution in [0.3, 0.4) is 0 Å². The van der Waals surface area contributed by atoms with Crippen LogP contribution in [0.1, 0.15) is 52.0 Å². The number of nitrogens with one attached hydrogen (secondary N) is 2. The molecule has 0 aliphatic heterocycles. The van der Waals surface area contributed by atoms with Gasteiger partial charge < -0.3 is 14.2 Å². The number of anilines is 1. The normalized spacial score (nSPS) is 16.0. The molecule has 8 heteroatoms. The van der Waals surface area contributed by atoms with Gasteiger partial charge in [-0.1, -0.05) is 0 Å². The average molecular weight is 385 g/mol. The van der Waals surface area contributed by atoms with Crippen molar-refractivity contribution in [2.45, 2.75) is 38.6 Å². The Kier molecular flexibility index (Phi) is 4.81. The molecule has 0 spiro atoms. The number of aromatic nitrogens is 1.